The number of hydrogen-bond acceptors (Lipinski definition) is 8. The summed E-state index contributed by atoms with van der Waals surface area (Å²) in [6.45, 7) is 2.45. The van der Waals surface area contributed by atoms with Crippen LogP contribution in [0.1, 0.15) is 45.9 Å². The first kappa shape index (κ1) is 34.7. The number of hydrogen-bond donors (Lipinski definition) is 2. The van der Waals surface area contributed by atoms with E-state index in [1.807, 2.05) is 115 Å². The van der Waals surface area contributed by atoms with Gasteiger partial charge in [0.05, 0.1) is 35.4 Å². The van der Waals surface area contributed by atoms with E-state index in [4.69, 9.17) is 4.74 Å². The monoisotopic (exact) mass is 749 g/mol. The normalized spacial score (nSPS) is 25.7. The summed E-state index contributed by atoms with van der Waals surface area (Å²) in [6, 6.07) is 35.4. The number of hydrazine groups is 1. The minimum absolute atomic E-state index is 0.0911. The van der Waals surface area contributed by atoms with Crippen LogP contribution in [0.5, 0.6) is 11.5 Å². The molecule has 2 saturated heterocycles. The number of phenolic OH excluding ortho intramolecular Hbond substituents is 1. The molecule has 0 bridgehead atoms. The van der Waals surface area contributed by atoms with Crippen molar-refractivity contribution in [1.29, 1.82) is 0 Å². The number of rotatable bonds is 9. The van der Waals surface area contributed by atoms with Crippen LogP contribution < -0.4 is 10.2 Å². The molecule has 9 nitrogen and oxygen atoms in total. The fourth-order valence-electron chi connectivity index (χ4n) is 9.47. The van der Waals surface area contributed by atoms with E-state index < -0.39 is 46.8 Å². The summed E-state index contributed by atoms with van der Waals surface area (Å²) in [6.07, 6.45) is 2.49. The van der Waals surface area contributed by atoms with Gasteiger partial charge in [0.1, 0.15) is 18.1 Å². The highest BCUT2D eigenvalue weighted by molar-refractivity contribution is 7.09. The first-order valence-corrected chi connectivity index (χ1v) is 19.5. The molecule has 6 atom stereocenters. The van der Waals surface area contributed by atoms with Crippen molar-refractivity contribution in [1.82, 2.24) is 9.91 Å². The number of nitrogens with zero attached hydrogens (tertiary/aromatic N) is 2. The topological polar surface area (TPSA) is 116 Å². The number of thiophene rings is 1. The second-order valence-electron chi connectivity index (χ2n) is 14.9. The van der Waals surface area contributed by atoms with E-state index in [-0.39, 0.29) is 30.5 Å². The van der Waals surface area contributed by atoms with Gasteiger partial charge in [-0.25, -0.2) is 0 Å². The second-order valence-corrected chi connectivity index (χ2v) is 16.0. The molecule has 4 amide bonds. The Balaban J connectivity index is 1.18. The number of aromatic hydroxyl groups is 1. The third kappa shape index (κ3) is 5.66. The Hall–Kier alpha value is -6.00. The Labute approximate surface area is 322 Å². The van der Waals surface area contributed by atoms with E-state index in [0.717, 1.165) is 26.6 Å². The van der Waals surface area contributed by atoms with E-state index in [9.17, 15) is 19.5 Å². The van der Waals surface area contributed by atoms with Crippen LogP contribution in [0.4, 0.5) is 5.69 Å². The van der Waals surface area contributed by atoms with Gasteiger partial charge in [-0.2, -0.15) is 5.01 Å². The smallest absolute Gasteiger partial charge is 0.260 e. The second kappa shape index (κ2) is 13.7. The third-order valence-corrected chi connectivity index (χ3v) is 12.8. The Bertz CT molecular complexity index is 2330. The van der Waals surface area contributed by atoms with Gasteiger partial charge in [-0.05, 0) is 66.5 Å². The van der Waals surface area contributed by atoms with Crippen molar-refractivity contribution in [3.63, 3.8) is 0 Å². The number of nitrogens with one attached hydrogen (secondary N) is 1. The molecule has 0 spiro atoms. The number of imide groups is 2. The van der Waals surface area contributed by atoms with Crippen molar-refractivity contribution in [3.05, 3.63) is 159 Å². The lowest BCUT2D eigenvalue weighted by Crippen LogP contribution is -2.53. The zero-order valence-corrected chi connectivity index (χ0v) is 30.9. The molecule has 5 aromatic rings. The van der Waals surface area contributed by atoms with Crippen LogP contribution >= 0.6 is 11.3 Å². The van der Waals surface area contributed by atoms with Crippen LogP contribution in [0.15, 0.2) is 132 Å². The number of aryl methyl sites for hydroxylation is 1. The molecule has 4 aromatic carbocycles. The Kier molecular flexibility index (Phi) is 8.65. The van der Waals surface area contributed by atoms with Gasteiger partial charge < -0.3 is 9.84 Å². The van der Waals surface area contributed by atoms with Crippen LogP contribution in [0, 0.1) is 30.6 Å². The molecule has 1 aromatic heterocycles. The molecule has 2 aliphatic heterocycles. The van der Waals surface area contributed by atoms with Gasteiger partial charge in [-0.1, -0.05) is 102 Å². The molecule has 6 unspecified atom stereocenters. The number of ether oxygens (including phenoxy) is 1. The molecule has 3 heterocycles. The summed E-state index contributed by atoms with van der Waals surface area (Å²) in [7, 11) is 0. The average molecular weight is 750 g/mol. The van der Waals surface area contributed by atoms with Gasteiger partial charge in [0.25, 0.3) is 11.8 Å². The molecule has 0 radical (unpaired) electrons. The molecule has 1 saturated carbocycles. The van der Waals surface area contributed by atoms with E-state index in [1.54, 1.807) is 18.2 Å². The van der Waals surface area contributed by atoms with E-state index in [2.05, 4.69) is 5.43 Å². The summed E-state index contributed by atoms with van der Waals surface area (Å²) >= 11 is 1.49. The minimum atomic E-state index is -1.49. The molecular formula is C45H39N3O6S. The number of carbonyl (C=O) groups is 4. The van der Waals surface area contributed by atoms with Crippen LogP contribution in [-0.2, 0) is 37.7 Å². The fraction of sp³-hybridized carbons (Fsp3) is 0.244. The first-order valence-electron chi connectivity index (χ1n) is 18.6. The molecule has 276 valence electrons. The Morgan fingerprint density at radius 1 is 0.836 bits per heavy atom. The summed E-state index contributed by atoms with van der Waals surface area (Å²) in [5.41, 5.74) is 6.07. The zero-order chi connectivity index (χ0) is 37.8. The Morgan fingerprint density at radius 3 is 2.29 bits per heavy atom. The van der Waals surface area contributed by atoms with Crippen molar-refractivity contribution in [2.24, 2.45) is 23.7 Å². The molecule has 9 rings (SSSR count). The number of anilines is 1. The number of fused-ring (bicyclic) bond motifs is 4. The maximum absolute atomic E-state index is 15.4. The van der Waals surface area contributed by atoms with Crippen LogP contribution in [-0.4, -0.2) is 38.6 Å². The molecule has 2 N–H and O–H groups in total. The lowest BCUT2D eigenvalue weighted by molar-refractivity contribution is -0.141. The van der Waals surface area contributed by atoms with E-state index in [1.165, 1.54) is 16.2 Å². The van der Waals surface area contributed by atoms with Crippen LogP contribution in [0.2, 0.25) is 0 Å². The number of allylic oxidation sites excluding steroid dienone is 2. The number of phenols is 1. The molecular weight excluding hydrogens is 711 g/mol. The summed E-state index contributed by atoms with van der Waals surface area (Å²) in [5, 5.41) is 15.0. The van der Waals surface area contributed by atoms with Gasteiger partial charge in [0.2, 0.25) is 11.8 Å². The fourth-order valence-corrected chi connectivity index (χ4v) is 10.2. The van der Waals surface area contributed by atoms with Crippen molar-refractivity contribution in [2.75, 3.05) is 5.43 Å². The van der Waals surface area contributed by atoms with Crippen molar-refractivity contribution in [3.8, 4) is 11.5 Å². The predicted octanol–water partition coefficient (Wildman–Crippen LogP) is 7.53. The van der Waals surface area contributed by atoms with Gasteiger partial charge in [0.15, 0.2) is 0 Å². The molecule has 3 fully saturated rings. The summed E-state index contributed by atoms with van der Waals surface area (Å²) < 4.78 is 6.08. The average Bonchev–Trinajstić information content (AvgIpc) is 3.87. The predicted molar refractivity (Wildman–Crippen MR) is 208 cm³/mol. The lowest BCUT2D eigenvalue weighted by Gasteiger charge is -2.50. The standard InChI is InChI=1S/C45H39N3O6S/c1-27-14-16-30(17-15-27)46-48-42(51)37-24-36-33(20-21-35-39(36)43(52)47(41(35)50)25-32-13-8-22-55-32)40(45(37,44(48)53)29-11-6-3-7-12-29)34-19-18-31(23-38(34)49)54-26-28-9-4-2-5-10-28/h2-20,22-23,35-37,39-40,46,49H,21,24-26H2,1H3. The highest BCUT2D eigenvalue weighted by Gasteiger charge is 2.70. The maximum Gasteiger partial charge on any atom is 0.260 e. The summed E-state index contributed by atoms with van der Waals surface area (Å²) in [4.78, 5) is 61.0. The van der Waals surface area contributed by atoms with E-state index in [0.29, 0.717) is 35.6 Å². The molecule has 2 aliphatic carbocycles. The summed E-state index contributed by atoms with van der Waals surface area (Å²) in [5.74, 6) is -4.58. The number of carbonyl (C=O) groups excluding carboxylic acids is 4. The minimum Gasteiger partial charge on any atom is -0.508 e. The van der Waals surface area contributed by atoms with Crippen LogP contribution in [0.3, 0.4) is 0 Å². The zero-order valence-electron chi connectivity index (χ0n) is 30.1. The van der Waals surface area contributed by atoms with Crippen LogP contribution in [0.25, 0.3) is 0 Å². The maximum atomic E-state index is 15.4. The van der Waals surface area contributed by atoms with Gasteiger partial charge in [-0.15, -0.1) is 11.3 Å². The van der Waals surface area contributed by atoms with Gasteiger partial charge in [-0.3, -0.25) is 29.5 Å². The molecule has 4 aliphatic rings. The van der Waals surface area contributed by atoms with Gasteiger partial charge in [0, 0.05) is 22.4 Å². The third-order valence-electron chi connectivity index (χ3n) is 11.9. The van der Waals surface area contributed by atoms with Crippen molar-refractivity contribution in [2.45, 2.75) is 44.2 Å². The lowest BCUT2D eigenvalue weighted by atomic mass is 9.49. The van der Waals surface area contributed by atoms with Crippen molar-refractivity contribution >= 4 is 40.7 Å². The van der Waals surface area contributed by atoms with E-state index >= 15 is 4.79 Å². The SMILES string of the molecule is Cc1ccc(NN2C(=O)C3CC4C(=CCC5C(=O)N(Cc6cccs6)C(=O)C54)C(c4ccc(OCc5ccccc5)cc4O)C3(c3ccccc3)C2=O)cc1. The largest absolute Gasteiger partial charge is 0.508 e. The highest BCUT2D eigenvalue weighted by atomic mass is 32.1. The molecule has 10 heteroatoms. The number of likely N-dealkylation sites (tertiary alicyclic amines) is 1. The Morgan fingerprint density at radius 2 is 1.58 bits per heavy atom. The number of benzene rings is 4. The quantitative estimate of drug-likeness (QED) is 0.118. The van der Waals surface area contributed by atoms with Gasteiger partial charge >= 0.3 is 0 Å². The number of amides is 4. The first-order chi connectivity index (χ1) is 26.8. The molecule has 55 heavy (non-hydrogen) atoms. The highest BCUT2D eigenvalue weighted by Crippen LogP contribution is 2.65. The van der Waals surface area contributed by atoms with Crippen molar-refractivity contribution < 1.29 is 29.0 Å².